The summed E-state index contributed by atoms with van der Waals surface area (Å²) >= 11 is 0. The average molecular weight is 505 g/mol. The molecule has 0 aliphatic carbocycles. The molecular weight excluding hydrogens is 474 g/mol. The lowest BCUT2D eigenvalue weighted by atomic mass is 9.94. The van der Waals surface area contributed by atoms with Crippen molar-refractivity contribution in [1.82, 2.24) is 0 Å². The number of sulfonamides is 2. The van der Waals surface area contributed by atoms with Crippen molar-refractivity contribution in [2.45, 2.75) is 62.4 Å². The Kier molecular flexibility index (Phi) is 15.4. The minimum absolute atomic E-state index is 0.778. The zero-order chi connectivity index (χ0) is 24.8. The van der Waals surface area contributed by atoms with Crippen molar-refractivity contribution in [2.75, 3.05) is 13.6 Å². The van der Waals surface area contributed by atoms with Gasteiger partial charge >= 0.3 is 11.0 Å². The predicted octanol–water partition coefficient (Wildman–Crippen LogP) is 4.35. The van der Waals surface area contributed by atoms with Crippen molar-refractivity contribution in [3.05, 3.63) is 29.4 Å². The second-order valence-electron chi connectivity index (χ2n) is 6.58. The lowest BCUT2D eigenvalue weighted by molar-refractivity contribution is -0.627. The molecule has 0 unspecified atom stereocenters. The number of allylic oxidation sites excluding steroid dienone is 2. The van der Waals surface area contributed by atoms with E-state index in [0.29, 0.717) is 0 Å². The van der Waals surface area contributed by atoms with Gasteiger partial charge < -0.3 is 9.44 Å². The molecule has 0 saturated heterocycles. The molecular formula is C17H30F6N2O4S2. The molecule has 0 fully saturated rings. The van der Waals surface area contributed by atoms with Crippen LogP contribution in [-0.2, 0) is 20.0 Å². The van der Waals surface area contributed by atoms with Gasteiger partial charge in [0.2, 0.25) is 0 Å². The van der Waals surface area contributed by atoms with Crippen LogP contribution in [0.1, 0.15) is 51.4 Å². The quantitative estimate of drug-likeness (QED) is 0.216. The molecule has 0 aromatic carbocycles. The summed E-state index contributed by atoms with van der Waals surface area (Å²) in [5.41, 5.74) is -12.4. The van der Waals surface area contributed by atoms with E-state index in [4.69, 9.17) is 0 Å². The summed E-state index contributed by atoms with van der Waals surface area (Å²) in [4.78, 5) is 0. The molecule has 0 rings (SSSR count). The maximum Gasteiger partial charge on any atom is 0.480 e. The summed E-state index contributed by atoms with van der Waals surface area (Å²) in [5, 5.41) is 2.27. The topological polar surface area (TPSA) is 99.0 Å². The first-order valence-corrected chi connectivity index (χ1v) is 12.3. The summed E-state index contributed by atoms with van der Waals surface area (Å²) in [7, 11) is -11.3. The predicted molar refractivity (Wildman–Crippen MR) is 107 cm³/mol. The number of rotatable bonds is 14. The maximum absolute atomic E-state index is 11.4. The number of nitrogens with zero attached hydrogens (tertiary/aromatic N) is 1. The Hall–Kier alpha value is -1.12. The maximum atomic E-state index is 11.4. The highest BCUT2D eigenvalue weighted by Crippen LogP contribution is 2.36. The molecule has 0 saturated carbocycles. The smallest absolute Gasteiger partial charge is 0.421 e. The van der Waals surface area contributed by atoms with Crippen LogP contribution in [0.15, 0.2) is 25.3 Å². The van der Waals surface area contributed by atoms with E-state index >= 15 is 0 Å². The highest BCUT2D eigenvalue weighted by molar-refractivity contribution is 8.13. The Bertz CT molecular complexity index is 668. The summed E-state index contributed by atoms with van der Waals surface area (Å²) in [6.45, 7) is 8.93. The van der Waals surface area contributed by atoms with Gasteiger partial charge in [-0.1, -0.05) is 31.4 Å². The lowest BCUT2D eigenvalue weighted by Crippen LogP contribution is -2.79. The first-order valence-electron chi connectivity index (χ1n) is 9.42. The highest BCUT2D eigenvalue weighted by Gasteiger charge is 2.46. The summed E-state index contributed by atoms with van der Waals surface area (Å²) in [5.74, 6) is 0.791. The Morgan fingerprint density at radius 3 is 1.55 bits per heavy atom. The van der Waals surface area contributed by atoms with Crippen LogP contribution in [0.5, 0.6) is 0 Å². The second-order valence-corrected chi connectivity index (χ2v) is 10.0. The molecule has 0 aromatic rings. The molecule has 31 heavy (non-hydrogen) atoms. The average Bonchev–Trinajstić information content (AvgIpc) is 2.59. The SMILES string of the molecule is C=CCC(CC=C)CCCCCCC[NH2+]C.O=S(=O)([N-]S(=O)(=O)C(F)(F)F)C(F)(F)F. The van der Waals surface area contributed by atoms with Gasteiger partial charge in [0, 0.05) is 0 Å². The molecule has 186 valence electrons. The Balaban J connectivity index is 0. The van der Waals surface area contributed by atoms with E-state index < -0.39 is 31.1 Å². The summed E-state index contributed by atoms with van der Waals surface area (Å²) in [6, 6.07) is 0. The Morgan fingerprint density at radius 2 is 1.19 bits per heavy atom. The number of alkyl halides is 6. The van der Waals surface area contributed by atoms with Crippen LogP contribution in [0.25, 0.3) is 4.13 Å². The first kappa shape index (κ1) is 32.1. The zero-order valence-electron chi connectivity index (χ0n) is 17.3. The Morgan fingerprint density at radius 1 is 0.806 bits per heavy atom. The van der Waals surface area contributed by atoms with E-state index in [1.54, 1.807) is 0 Å². The van der Waals surface area contributed by atoms with Crippen molar-refractivity contribution in [1.29, 1.82) is 0 Å². The molecule has 0 atom stereocenters. The van der Waals surface area contributed by atoms with Crippen LogP contribution in [0.4, 0.5) is 26.3 Å². The monoisotopic (exact) mass is 504 g/mol. The fraction of sp³-hybridized carbons (Fsp3) is 0.765. The molecule has 2 N–H and O–H groups in total. The minimum atomic E-state index is -6.72. The molecule has 0 aliphatic rings. The van der Waals surface area contributed by atoms with E-state index in [9.17, 15) is 43.2 Å². The number of hydrogen-bond acceptors (Lipinski definition) is 4. The normalized spacial score (nSPS) is 12.9. The molecule has 0 aliphatic heterocycles. The van der Waals surface area contributed by atoms with Crippen LogP contribution in [0.3, 0.4) is 0 Å². The zero-order valence-corrected chi connectivity index (χ0v) is 18.9. The van der Waals surface area contributed by atoms with Gasteiger partial charge in [-0.05, 0) is 38.0 Å². The van der Waals surface area contributed by atoms with Gasteiger partial charge in [-0.15, -0.1) is 13.2 Å². The van der Waals surface area contributed by atoms with Crippen LogP contribution >= 0.6 is 0 Å². The van der Waals surface area contributed by atoms with Gasteiger partial charge in [0.05, 0.1) is 13.6 Å². The van der Waals surface area contributed by atoms with Gasteiger partial charge in [-0.3, -0.25) is 0 Å². The summed E-state index contributed by atoms with van der Waals surface area (Å²) < 4.78 is 109. The second kappa shape index (κ2) is 14.9. The van der Waals surface area contributed by atoms with Gasteiger partial charge in [0.15, 0.2) is 20.0 Å². The van der Waals surface area contributed by atoms with Crippen LogP contribution in [-0.4, -0.2) is 41.4 Å². The highest BCUT2D eigenvalue weighted by atomic mass is 32.3. The fourth-order valence-electron chi connectivity index (χ4n) is 2.33. The van der Waals surface area contributed by atoms with Crippen LogP contribution in [0.2, 0.25) is 0 Å². The van der Waals surface area contributed by atoms with Crippen molar-refractivity contribution in [3.8, 4) is 0 Å². The van der Waals surface area contributed by atoms with Gasteiger partial charge in [0.25, 0.3) is 0 Å². The molecule has 14 heteroatoms. The standard InChI is InChI=1S/C15H29N.C2F6NO4S2/c1-4-11-15(12-5-2)13-9-7-6-8-10-14-16-3;3-1(4,5)14(10,11)9-15(12,13)2(6,7)8/h4-5,15-16H,1-2,6-14H2,3H3;/q;-1/p+1. The van der Waals surface area contributed by atoms with Crippen molar-refractivity contribution in [2.24, 2.45) is 5.92 Å². The lowest BCUT2D eigenvalue weighted by Gasteiger charge is -2.22. The van der Waals surface area contributed by atoms with E-state index in [0.717, 1.165) is 22.9 Å². The third-order valence-corrected chi connectivity index (χ3v) is 6.63. The van der Waals surface area contributed by atoms with E-state index in [2.05, 4.69) is 25.5 Å². The third kappa shape index (κ3) is 14.5. The number of nitrogens with two attached hydrogens (primary N) is 1. The first-order chi connectivity index (χ1) is 14.1. The van der Waals surface area contributed by atoms with Gasteiger partial charge in [0.1, 0.15) is 0 Å². The number of hydrogen-bond donors (Lipinski definition) is 1. The molecule has 0 aromatic heterocycles. The molecule has 0 heterocycles. The minimum Gasteiger partial charge on any atom is -0.421 e. The molecule has 0 bridgehead atoms. The third-order valence-electron chi connectivity index (χ3n) is 3.89. The van der Waals surface area contributed by atoms with Crippen molar-refractivity contribution >= 4 is 20.0 Å². The van der Waals surface area contributed by atoms with Gasteiger partial charge in [-0.2, -0.15) is 26.3 Å². The number of unbranched alkanes of at least 4 members (excludes halogenated alkanes) is 4. The number of halogens is 6. The molecule has 0 spiro atoms. The van der Waals surface area contributed by atoms with E-state index in [1.807, 2.05) is 12.2 Å². The largest absolute Gasteiger partial charge is 0.480 e. The number of quaternary nitrogens is 1. The van der Waals surface area contributed by atoms with Crippen molar-refractivity contribution < 1.29 is 48.5 Å². The van der Waals surface area contributed by atoms with Gasteiger partial charge in [-0.25, -0.2) is 16.8 Å². The fourth-order valence-corrected chi connectivity index (χ4v) is 4.04. The summed E-state index contributed by atoms with van der Waals surface area (Å²) in [6.07, 6.45) is 14.7. The van der Waals surface area contributed by atoms with E-state index in [1.165, 1.54) is 45.1 Å². The molecule has 0 radical (unpaired) electrons. The van der Waals surface area contributed by atoms with Crippen LogP contribution < -0.4 is 5.32 Å². The van der Waals surface area contributed by atoms with E-state index in [-0.39, 0.29) is 0 Å². The Labute approximate surface area is 180 Å². The van der Waals surface area contributed by atoms with Crippen LogP contribution in [0, 0.1) is 5.92 Å². The molecule has 6 nitrogen and oxygen atoms in total. The van der Waals surface area contributed by atoms with Crippen molar-refractivity contribution in [3.63, 3.8) is 0 Å². The molecule has 0 amide bonds.